The molecule has 1 saturated carbocycles. The third-order valence-corrected chi connectivity index (χ3v) is 3.33. The van der Waals surface area contributed by atoms with E-state index < -0.39 is 11.4 Å². The lowest BCUT2D eigenvalue weighted by Gasteiger charge is -2.14. The summed E-state index contributed by atoms with van der Waals surface area (Å²) in [5.74, 6) is -0.952. The average Bonchev–Trinajstić information content (AvgIpc) is 2.94. The summed E-state index contributed by atoms with van der Waals surface area (Å²) >= 11 is 0. The van der Waals surface area contributed by atoms with Gasteiger partial charge in [0.1, 0.15) is 0 Å². The number of carbonyl (C=O) groups is 1. The number of carboxylic acids is 1. The molecule has 0 spiro atoms. The number of hydrogen-bond acceptors (Lipinski definition) is 2. The molecule has 0 bridgehead atoms. The summed E-state index contributed by atoms with van der Waals surface area (Å²) in [6, 6.07) is 7.50. The van der Waals surface area contributed by atoms with Crippen LogP contribution in [0.5, 0.6) is 0 Å². The summed E-state index contributed by atoms with van der Waals surface area (Å²) in [4.78, 5) is 11.3. The van der Waals surface area contributed by atoms with E-state index in [1.165, 1.54) is 0 Å². The normalized spacial score (nSPS) is 28.8. The first-order valence-corrected chi connectivity index (χ1v) is 5.03. The first-order valence-electron chi connectivity index (χ1n) is 5.03. The average molecular weight is 206 g/mol. The number of aliphatic hydroxyl groups excluding tert-OH is 1. The first-order chi connectivity index (χ1) is 7.13. The van der Waals surface area contributed by atoms with Crippen LogP contribution in [0.1, 0.15) is 17.5 Å². The van der Waals surface area contributed by atoms with E-state index >= 15 is 0 Å². The van der Waals surface area contributed by atoms with Gasteiger partial charge >= 0.3 is 5.97 Å². The number of aliphatic carboxylic acids is 1. The molecule has 1 aromatic rings. The fraction of sp³-hybridized carbons (Fsp3) is 0.417. The molecule has 2 atom stereocenters. The van der Waals surface area contributed by atoms with Crippen LogP contribution in [0.15, 0.2) is 24.3 Å². The Hall–Kier alpha value is -1.35. The number of aryl methyl sites for hydroxylation is 1. The van der Waals surface area contributed by atoms with Gasteiger partial charge in [-0.05, 0) is 24.5 Å². The molecule has 1 aromatic carbocycles. The van der Waals surface area contributed by atoms with Gasteiger partial charge < -0.3 is 10.2 Å². The maximum atomic E-state index is 11.3. The number of carboxylic acid groups (broad SMARTS) is 1. The van der Waals surface area contributed by atoms with E-state index in [1.807, 2.05) is 31.2 Å². The highest BCUT2D eigenvalue weighted by atomic mass is 16.4. The molecule has 15 heavy (non-hydrogen) atoms. The van der Waals surface area contributed by atoms with E-state index in [0.29, 0.717) is 6.42 Å². The van der Waals surface area contributed by atoms with Gasteiger partial charge in [-0.3, -0.25) is 4.79 Å². The molecular formula is C12H14O3. The van der Waals surface area contributed by atoms with Gasteiger partial charge in [0.2, 0.25) is 0 Å². The smallest absolute Gasteiger partial charge is 0.314 e. The molecule has 3 nitrogen and oxygen atoms in total. The van der Waals surface area contributed by atoms with E-state index in [0.717, 1.165) is 11.1 Å². The van der Waals surface area contributed by atoms with Gasteiger partial charge in [0.05, 0.1) is 5.41 Å². The second kappa shape index (κ2) is 3.35. The summed E-state index contributed by atoms with van der Waals surface area (Å²) in [5, 5.41) is 18.4. The summed E-state index contributed by atoms with van der Waals surface area (Å²) in [6.07, 6.45) is 0.545. The predicted molar refractivity (Wildman–Crippen MR) is 55.7 cm³/mol. The zero-order valence-electron chi connectivity index (χ0n) is 8.60. The fourth-order valence-corrected chi connectivity index (χ4v) is 2.33. The molecular weight excluding hydrogens is 192 g/mol. The maximum absolute atomic E-state index is 11.3. The van der Waals surface area contributed by atoms with Gasteiger partial charge in [0, 0.05) is 12.5 Å². The number of benzene rings is 1. The van der Waals surface area contributed by atoms with Crippen LogP contribution in [0.3, 0.4) is 0 Å². The Morgan fingerprint density at radius 3 is 2.67 bits per heavy atom. The van der Waals surface area contributed by atoms with Crippen LogP contribution in [0.4, 0.5) is 0 Å². The Bertz CT molecular complexity index is 400. The molecule has 1 fully saturated rings. The van der Waals surface area contributed by atoms with Crippen LogP contribution >= 0.6 is 0 Å². The summed E-state index contributed by atoms with van der Waals surface area (Å²) < 4.78 is 0. The van der Waals surface area contributed by atoms with Gasteiger partial charge in [-0.1, -0.05) is 24.3 Å². The summed E-state index contributed by atoms with van der Waals surface area (Å²) in [6.45, 7) is 1.85. The fourth-order valence-electron chi connectivity index (χ4n) is 2.33. The summed E-state index contributed by atoms with van der Waals surface area (Å²) in [5.41, 5.74) is 0.993. The van der Waals surface area contributed by atoms with Crippen molar-refractivity contribution in [3.63, 3.8) is 0 Å². The van der Waals surface area contributed by atoms with Gasteiger partial charge in [0.15, 0.2) is 0 Å². The van der Waals surface area contributed by atoms with Crippen molar-refractivity contribution in [2.45, 2.75) is 18.8 Å². The lowest BCUT2D eigenvalue weighted by atomic mass is 9.90. The molecule has 2 rings (SSSR count). The number of rotatable bonds is 3. The third-order valence-electron chi connectivity index (χ3n) is 3.33. The predicted octanol–water partition coefficient (Wildman–Crippen LogP) is 1.33. The third kappa shape index (κ3) is 1.35. The molecule has 0 radical (unpaired) electrons. The Morgan fingerprint density at radius 1 is 1.53 bits per heavy atom. The Labute approximate surface area is 88.4 Å². The SMILES string of the molecule is Cc1ccccc1C1(C(=O)O)CC1CO. The van der Waals surface area contributed by atoms with Crippen molar-refractivity contribution in [3.05, 3.63) is 35.4 Å². The van der Waals surface area contributed by atoms with Crippen LogP contribution < -0.4 is 0 Å². The van der Waals surface area contributed by atoms with Gasteiger partial charge in [0.25, 0.3) is 0 Å². The minimum atomic E-state index is -0.833. The van der Waals surface area contributed by atoms with Crippen LogP contribution in [-0.2, 0) is 10.2 Å². The maximum Gasteiger partial charge on any atom is 0.314 e. The zero-order valence-corrected chi connectivity index (χ0v) is 8.60. The second-order valence-electron chi connectivity index (χ2n) is 4.18. The van der Waals surface area contributed by atoms with E-state index in [9.17, 15) is 9.90 Å². The second-order valence-corrected chi connectivity index (χ2v) is 4.18. The molecule has 0 amide bonds. The van der Waals surface area contributed by atoms with Crippen molar-refractivity contribution >= 4 is 5.97 Å². The highest BCUT2D eigenvalue weighted by Crippen LogP contribution is 2.55. The molecule has 2 unspecified atom stereocenters. The van der Waals surface area contributed by atoms with Crippen LogP contribution in [-0.4, -0.2) is 22.8 Å². The van der Waals surface area contributed by atoms with E-state index in [4.69, 9.17) is 5.11 Å². The highest BCUT2D eigenvalue weighted by Gasteiger charge is 2.61. The largest absolute Gasteiger partial charge is 0.481 e. The summed E-state index contributed by atoms with van der Waals surface area (Å²) in [7, 11) is 0. The van der Waals surface area contributed by atoms with Crippen LogP contribution in [0, 0.1) is 12.8 Å². The van der Waals surface area contributed by atoms with E-state index in [2.05, 4.69) is 0 Å². The molecule has 1 aliphatic rings. The Kier molecular flexibility index (Phi) is 2.27. The molecule has 0 heterocycles. The monoisotopic (exact) mass is 206 g/mol. The first kappa shape index (κ1) is 10.2. The van der Waals surface area contributed by atoms with Crippen LogP contribution in [0.25, 0.3) is 0 Å². The van der Waals surface area contributed by atoms with Gasteiger partial charge in [-0.15, -0.1) is 0 Å². The van der Waals surface area contributed by atoms with Crippen molar-refractivity contribution in [1.82, 2.24) is 0 Å². The molecule has 0 saturated heterocycles. The topological polar surface area (TPSA) is 57.5 Å². The highest BCUT2D eigenvalue weighted by molar-refractivity contribution is 5.86. The van der Waals surface area contributed by atoms with Crippen LogP contribution in [0.2, 0.25) is 0 Å². The van der Waals surface area contributed by atoms with Crippen molar-refractivity contribution in [3.8, 4) is 0 Å². The molecule has 0 aromatic heterocycles. The van der Waals surface area contributed by atoms with E-state index in [1.54, 1.807) is 0 Å². The quantitative estimate of drug-likeness (QED) is 0.784. The van der Waals surface area contributed by atoms with Crippen molar-refractivity contribution in [1.29, 1.82) is 0 Å². The molecule has 80 valence electrons. The van der Waals surface area contributed by atoms with E-state index in [-0.39, 0.29) is 12.5 Å². The standard InChI is InChI=1S/C12H14O3/c1-8-4-2-3-5-10(8)12(11(14)15)6-9(12)7-13/h2-5,9,13H,6-7H2,1H3,(H,14,15). The number of hydrogen-bond donors (Lipinski definition) is 2. The van der Waals surface area contributed by atoms with Crippen molar-refractivity contribution in [2.24, 2.45) is 5.92 Å². The van der Waals surface area contributed by atoms with Crippen molar-refractivity contribution < 1.29 is 15.0 Å². The molecule has 1 aliphatic carbocycles. The Balaban J connectivity index is 2.45. The zero-order chi connectivity index (χ0) is 11.1. The lowest BCUT2D eigenvalue weighted by molar-refractivity contribution is -0.140. The minimum absolute atomic E-state index is 0.0549. The lowest BCUT2D eigenvalue weighted by Crippen LogP contribution is -2.24. The van der Waals surface area contributed by atoms with Gasteiger partial charge in [-0.2, -0.15) is 0 Å². The minimum Gasteiger partial charge on any atom is -0.481 e. The van der Waals surface area contributed by atoms with Gasteiger partial charge in [-0.25, -0.2) is 0 Å². The number of aliphatic hydroxyl groups is 1. The molecule has 3 heteroatoms. The Morgan fingerprint density at radius 2 is 2.20 bits per heavy atom. The molecule has 0 aliphatic heterocycles. The van der Waals surface area contributed by atoms with Crippen molar-refractivity contribution in [2.75, 3.05) is 6.61 Å². The molecule has 2 N–H and O–H groups in total.